The van der Waals surface area contributed by atoms with E-state index < -0.39 is 0 Å². The van der Waals surface area contributed by atoms with Gasteiger partial charge in [0.05, 0.1) is 0 Å². The van der Waals surface area contributed by atoms with Crippen LogP contribution >= 0.6 is 0 Å². The van der Waals surface area contributed by atoms with E-state index in [1.807, 2.05) is 0 Å². The monoisotopic (exact) mass is 199 g/mol. The van der Waals surface area contributed by atoms with Gasteiger partial charge in [-0.3, -0.25) is 0 Å². The van der Waals surface area contributed by atoms with Gasteiger partial charge in [0.15, 0.2) is 0 Å². The van der Waals surface area contributed by atoms with Crippen molar-refractivity contribution in [1.82, 2.24) is 10.2 Å². The average molecular weight is 199 g/mol. The first-order chi connectivity index (χ1) is 6.65. The molecule has 0 amide bonds. The van der Waals surface area contributed by atoms with Gasteiger partial charge in [-0.1, -0.05) is 6.92 Å². The van der Waals surface area contributed by atoms with Crippen molar-refractivity contribution in [2.24, 2.45) is 11.7 Å². The molecule has 84 valence electrons. The van der Waals surface area contributed by atoms with Gasteiger partial charge in [-0.15, -0.1) is 0 Å². The number of hydrogen-bond donors (Lipinski definition) is 2. The van der Waals surface area contributed by atoms with Crippen LogP contribution < -0.4 is 11.1 Å². The largest absolute Gasteiger partial charge is 0.330 e. The third-order valence-corrected chi connectivity index (χ3v) is 3.40. The van der Waals surface area contributed by atoms with Crippen LogP contribution in [0.4, 0.5) is 0 Å². The molecule has 1 rings (SSSR count). The van der Waals surface area contributed by atoms with Gasteiger partial charge in [0.25, 0.3) is 0 Å². The molecule has 1 fully saturated rings. The molecular formula is C11H25N3. The Morgan fingerprint density at radius 2 is 2.14 bits per heavy atom. The van der Waals surface area contributed by atoms with E-state index in [4.69, 9.17) is 5.73 Å². The van der Waals surface area contributed by atoms with E-state index in [1.165, 1.54) is 13.0 Å². The van der Waals surface area contributed by atoms with Crippen LogP contribution in [0.15, 0.2) is 0 Å². The predicted molar refractivity (Wildman–Crippen MR) is 61.3 cm³/mol. The molecule has 0 saturated carbocycles. The van der Waals surface area contributed by atoms with E-state index in [0.29, 0.717) is 12.1 Å². The summed E-state index contributed by atoms with van der Waals surface area (Å²) in [6, 6.07) is 1.40. The Labute approximate surface area is 88.0 Å². The first-order valence-electron chi connectivity index (χ1n) is 5.78. The Morgan fingerprint density at radius 1 is 1.43 bits per heavy atom. The Balaban J connectivity index is 2.29. The lowest BCUT2D eigenvalue weighted by Crippen LogP contribution is -2.51. The summed E-state index contributed by atoms with van der Waals surface area (Å²) in [5.74, 6) is 0.758. The van der Waals surface area contributed by atoms with Gasteiger partial charge in [0, 0.05) is 18.6 Å². The molecule has 0 aliphatic carbocycles. The van der Waals surface area contributed by atoms with Crippen LogP contribution in [0, 0.1) is 5.92 Å². The molecule has 14 heavy (non-hydrogen) atoms. The molecule has 0 bridgehead atoms. The number of nitrogens with two attached hydrogens (primary N) is 1. The highest BCUT2D eigenvalue weighted by Gasteiger charge is 2.27. The average Bonchev–Trinajstić information content (AvgIpc) is 2.14. The van der Waals surface area contributed by atoms with Crippen LogP contribution in [-0.2, 0) is 0 Å². The molecule has 1 saturated heterocycles. The second-order valence-electron chi connectivity index (χ2n) is 4.70. The van der Waals surface area contributed by atoms with Gasteiger partial charge in [0.1, 0.15) is 0 Å². The predicted octanol–water partition coefficient (Wildman–Crippen LogP) is 0.654. The van der Waals surface area contributed by atoms with E-state index in [-0.39, 0.29) is 0 Å². The van der Waals surface area contributed by atoms with Crippen LogP contribution in [0.5, 0.6) is 0 Å². The molecule has 1 aliphatic heterocycles. The van der Waals surface area contributed by atoms with Gasteiger partial charge in [-0.05, 0) is 45.8 Å². The van der Waals surface area contributed by atoms with Crippen LogP contribution in [0.3, 0.4) is 0 Å². The summed E-state index contributed by atoms with van der Waals surface area (Å²) >= 11 is 0. The standard InChI is InChI=1S/C11H25N3/c1-9-8-14(3)10(2)7-11(9)13-6-4-5-12/h9-11,13H,4-8,12H2,1-3H3. The minimum Gasteiger partial charge on any atom is -0.330 e. The second kappa shape index (κ2) is 5.69. The second-order valence-corrected chi connectivity index (χ2v) is 4.70. The van der Waals surface area contributed by atoms with Crippen LogP contribution in [0.2, 0.25) is 0 Å². The minimum absolute atomic E-state index is 0.688. The zero-order valence-electron chi connectivity index (χ0n) is 9.79. The third-order valence-electron chi connectivity index (χ3n) is 3.40. The molecule has 0 aromatic heterocycles. The summed E-state index contributed by atoms with van der Waals surface area (Å²) in [7, 11) is 2.22. The van der Waals surface area contributed by atoms with Gasteiger partial charge in [-0.2, -0.15) is 0 Å². The van der Waals surface area contributed by atoms with Crippen LogP contribution in [-0.4, -0.2) is 43.7 Å². The quantitative estimate of drug-likeness (QED) is 0.653. The molecular weight excluding hydrogens is 174 g/mol. The third kappa shape index (κ3) is 3.23. The highest BCUT2D eigenvalue weighted by atomic mass is 15.2. The van der Waals surface area contributed by atoms with Crippen LogP contribution in [0.1, 0.15) is 26.7 Å². The van der Waals surface area contributed by atoms with Crippen molar-refractivity contribution in [2.45, 2.75) is 38.8 Å². The molecule has 0 aromatic rings. The molecule has 0 aromatic carbocycles. The highest BCUT2D eigenvalue weighted by Crippen LogP contribution is 2.20. The van der Waals surface area contributed by atoms with Crippen molar-refractivity contribution < 1.29 is 0 Å². The Bertz CT molecular complexity index is 161. The van der Waals surface area contributed by atoms with Crippen molar-refractivity contribution in [3.8, 4) is 0 Å². The van der Waals surface area contributed by atoms with E-state index in [2.05, 4.69) is 31.1 Å². The summed E-state index contributed by atoms with van der Waals surface area (Å²) in [5.41, 5.74) is 5.48. The van der Waals surface area contributed by atoms with Gasteiger partial charge >= 0.3 is 0 Å². The first-order valence-corrected chi connectivity index (χ1v) is 5.78. The smallest absolute Gasteiger partial charge is 0.0120 e. The number of likely N-dealkylation sites (tertiary alicyclic amines) is 1. The number of piperidine rings is 1. The zero-order valence-corrected chi connectivity index (χ0v) is 9.79. The Kier molecular flexibility index (Phi) is 4.85. The summed E-state index contributed by atoms with van der Waals surface area (Å²) < 4.78 is 0. The van der Waals surface area contributed by atoms with E-state index in [9.17, 15) is 0 Å². The minimum atomic E-state index is 0.688. The number of nitrogens with one attached hydrogen (secondary N) is 1. The number of hydrogen-bond acceptors (Lipinski definition) is 3. The summed E-state index contributed by atoms with van der Waals surface area (Å²) in [5, 5.41) is 3.62. The van der Waals surface area contributed by atoms with Crippen molar-refractivity contribution in [3.05, 3.63) is 0 Å². The molecule has 1 aliphatic rings. The van der Waals surface area contributed by atoms with E-state index >= 15 is 0 Å². The molecule has 0 spiro atoms. The SMILES string of the molecule is CC1CN(C)C(C)CC1NCCCN. The normalized spacial score (nSPS) is 34.7. The fourth-order valence-corrected chi connectivity index (χ4v) is 2.22. The molecule has 3 heteroatoms. The fraction of sp³-hybridized carbons (Fsp3) is 1.00. The highest BCUT2D eigenvalue weighted by molar-refractivity contribution is 4.85. The lowest BCUT2D eigenvalue weighted by Gasteiger charge is -2.40. The van der Waals surface area contributed by atoms with Gasteiger partial charge in [0.2, 0.25) is 0 Å². The molecule has 3 atom stereocenters. The Hall–Kier alpha value is -0.120. The fourth-order valence-electron chi connectivity index (χ4n) is 2.22. The summed E-state index contributed by atoms with van der Waals surface area (Å²) in [6.07, 6.45) is 2.36. The maximum atomic E-state index is 5.48. The first kappa shape index (κ1) is 12.0. The molecule has 1 heterocycles. The maximum Gasteiger partial charge on any atom is 0.0120 e. The lowest BCUT2D eigenvalue weighted by molar-refractivity contribution is 0.122. The molecule has 3 nitrogen and oxygen atoms in total. The maximum absolute atomic E-state index is 5.48. The zero-order chi connectivity index (χ0) is 10.6. The van der Waals surface area contributed by atoms with Crippen LogP contribution in [0.25, 0.3) is 0 Å². The topological polar surface area (TPSA) is 41.3 Å². The van der Waals surface area contributed by atoms with Crippen molar-refractivity contribution in [3.63, 3.8) is 0 Å². The van der Waals surface area contributed by atoms with E-state index in [0.717, 1.165) is 25.4 Å². The molecule has 3 unspecified atom stereocenters. The van der Waals surface area contributed by atoms with Gasteiger partial charge in [-0.25, -0.2) is 0 Å². The van der Waals surface area contributed by atoms with E-state index in [1.54, 1.807) is 0 Å². The van der Waals surface area contributed by atoms with Crippen molar-refractivity contribution >= 4 is 0 Å². The Morgan fingerprint density at radius 3 is 2.79 bits per heavy atom. The molecule has 3 N–H and O–H groups in total. The number of nitrogens with zero attached hydrogens (tertiary/aromatic N) is 1. The lowest BCUT2D eigenvalue weighted by atomic mass is 9.90. The van der Waals surface area contributed by atoms with Crippen molar-refractivity contribution in [1.29, 1.82) is 0 Å². The number of rotatable bonds is 4. The summed E-state index contributed by atoms with van der Waals surface area (Å²) in [4.78, 5) is 2.45. The van der Waals surface area contributed by atoms with Gasteiger partial charge < -0.3 is 16.0 Å². The summed E-state index contributed by atoms with van der Waals surface area (Å²) in [6.45, 7) is 7.72. The van der Waals surface area contributed by atoms with Crippen molar-refractivity contribution in [2.75, 3.05) is 26.7 Å². The molecule has 0 radical (unpaired) electrons.